The molecule has 4 aromatic rings. The van der Waals surface area contributed by atoms with E-state index in [-0.39, 0.29) is 37.4 Å². The van der Waals surface area contributed by atoms with E-state index in [2.05, 4.69) is 34.5 Å². The van der Waals surface area contributed by atoms with E-state index in [9.17, 15) is 18.0 Å². The van der Waals surface area contributed by atoms with Gasteiger partial charge in [-0.25, -0.2) is 4.68 Å². The van der Waals surface area contributed by atoms with Gasteiger partial charge in [-0.2, -0.15) is 13.2 Å². The third-order valence-electron chi connectivity index (χ3n) is 7.25. The number of hydrogen-bond acceptors (Lipinski definition) is 6. The Balaban J connectivity index is 0.00000625. The number of aliphatic imine (C=N–C) groups is 1. The predicted octanol–water partition coefficient (Wildman–Crippen LogP) is 6.30. The highest BCUT2D eigenvalue weighted by Crippen LogP contribution is 2.37. The number of benzene rings is 3. The lowest BCUT2D eigenvalue weighted by Gasteiger charge is -2.17. The molecule has 258 valence electrons. The molecule has 1 aromatic heterocycles. The number of hydrogen-bond donors (Lipinski definition) is 3. The second-order valence-electron chi connectivity index (χ2n) is 11.4. The second kappa shape index (κ2) is 17.9. The van der Waals surface area contributed by atoms with Crippen LogP contribution >= 0.6 is 12.4 Å². The van der Waals surface area contributed by atoms with Crippen molar-refractivity contribution in [1.82, 2.24) is 20.3 Å². The maximum atomic E-state index is 13.3. The van der Waals surface area contributed by atoms with Crippen molar-refractivity contribution < 1.29 is 27.4 Å². The van der Waals surface area contributed by atoms with Crippen molar-refractivity contribution in [3.63, 3.8) is 0 Å². The van der Waals surface area contributed by atoms with Crippen molar-refractivity contribution in [2.24, 2.45) is 22.4 Å². The first kappa shape index (κ1) is 37.7. The van der Waals surface area contributed by atoms with E-state index in [0.717, 1.165) is 35.4 Å². The Labute approximate surface area is 284 Å². The summed E-state index contributed by atoms with van der Waals surface area (Å²) in [7, 11) is 0. The molecule has 48 heavy (non-hydrogen) atoms. The highest BCUT2D eigenvalue weighted by molar-refractivity contribution is 5.85. The number of alkyl halides is 3. The minimum atomic E-state index is -4.44. The number of nitrogens with one attached hydrogen (secondary N) is 1. The molecule has 0 bridgehead atoms. The average Bonchev–Trinajstić information content (AvgIpc) is 3.51. The summed E-state index contributed by atoms with van der Waals surface area (Å²) in [5.74, 6) is 1.48. The van der Waals surface area contributed by atoms with Gasteiger partial charge in [-0.3, -0.25) is 9.79 Å². The Morgan fingerprint density at radius 3 is 2.17 bits per heavy atom. The lowest BCUT2D eigenvalue weighted by atomic mass is 10.0. The highest BCUT2D eigenvalue weighted by Gasteiger charge is 2.30. The highest BCUT2D eigenvalue weighted by atomic mass is 35.5. The Morgan fingerprint density at radius 2 is 1.56 bits per heavy atom. The van der Waals surface area contributed by atoms with Gasteiger partial charge in [-0.1, -0.05) is 67.6 Å². The van der Waals surface area contributed by atoms with E-state index in [1.54, 1.807) is 6.20 Å². The van der Waals surface area contributed by atoms with Gasteiger partial charge in [0.2, 0.25) is 5.91 Å². The fourth-order valence-electron chi connectivity index (χ4n) is 4.71. The SMILES string of the molecule is CC(C)CCOc1ccccc1-c1ccccc1OCc1cn([C@H](CCCN=C(N)N)C(=O)NCc2ccc(C(F)(F)F)cc2)nn1.Cl. The number of rotatable bonds is 16. The van der Waals surface area contributed by atoms with E-state index < -0.39 is 17.8 Å². The van der Waals surface area contributed by atoms with Crippen LogP contribution in [0.4, 0.5) is 13.2 Å². The van der Waals surface area contributed by atoms with Gasteiger partial charge in [0.25, 0.3) is 0 Å². The van der Waals surface area contributed by atoms with Crippen molar-refractivity contribution in [3.8, 4) is 22.6 Å². The van der Waals surface area contributed by atoms with Gasteiger partial charge in [-0.15, -0.1) is 17.5 Å². The quantitative estimate of drug-likeness (QED) is 0.0713. The summed E-state index contributed by atoms with van der Waals surface area (Å²) in [4.78, 5) is 17.3. The van der Waals surface area contributed by atoms with Crippen LogP contribution in [0, 0.1) is 5.92 Å². The summed E-state index contributed by atoms with van der Waals surface area (Å²) < 4.78 is 52.5. The first-order chi connectivity index (χ1) is 22.5. The molecular weight excluding hydrogens is 647 g/mol. The van der Waals surface area contributed by atoms with Gasteiger partial charge in [0.1, 0.15) is 29.8 Å². The molecule has 0 saturated carbocycles. The smallest absolute Gasteiger partial charge is 0.416 e. The fraction of sp³-hybridized carbons (Fsp3) is 0.353. The first-order valence-corrected chi connectivity index (χ1v) is 15.3. The fourth-order valence-corrected chi connectivity index (χ4v) is 4.71. The largest absolute Gasteiger partial charge is 0.493 e. The summed E-state index contributed by atoms with van der Waals surface area (Å²) in [6.45, 7) is 5.33. The van der Waals surface area contributed by atoms with Crippen molar-refractivity contribution in [2.45, 2.75) is 58.5 Å². The second-order valence-corrected chi connectivity index (χ2v) is 11.4. The topological polar surface area (TPSA) is 143 Å². The van der Waals surface area contributed by atoms with Gasteiger partial charge in [0, 0.05) is 24.2 Å². The molecule has 0 aliphatic carbocycles. The van der Waals surface area contributed by atoms with Crippen molar-refractivity contribution in [2.75, 3.05) is 13.2 Å². The predicted molar refractivity (Wildman–Crippen MR) is 181 cm³/mol. The molecule has 0 radical (unpaired) electrons. The van der Waals surface area contributed by atoms with E-state index in [0.29, 0.717) is 48.9 Å². The zero-order valence-electron chi connectivity index (χ0n) is 26.8. The minimum absolute atomic E-state index is 0. The number of ether oxygens (including phenoxy) is 2. The maximum Gasteiger partial charge on any atom is 0.416 e. The molecule has 1 heterocycles. The first-order valence-electron chi connectivity index (χ1n) is 15.3. The summed E-state index contributed by atoms with van der Waals surface area (Å²) in [6.07, 6.45) is -1.08. The van der Waals surface area contributed by atoms with Crippen LogP contribution in [0.1, 0.15) is 56.0 Å². The summed E-state index contributed by atoms with van der Waals surface area (Å²) >= 11 is 0. The Morgan fingerprint density at radius 1 is 0.938 bits per heavy atom. The molecule has 0 spiro atoms. The molecule has 1 atom stereocenters. The zero-order chi connectivity index (χ0) is 33.8. The number of amides is 1. The molecular formula is C34H41ClF3N7O3. The summed E-state index contributed by atoms with van der Waals surface area (Å²) in [5.41, 5.74) is 12.9. The third-order valence-corrected chi connectivity index (χ3v) is 7.25. The molecule has 4 rings (SSSR count). The molecule has 0 unspecified atom stereocenters. The molecule has 5 N–H and O–H groups in total. The van der Waals surface area contributed by atoms with Gasteiger partial charge in [0.15, 0.2) is 5.96 Å². The standard InChI is InChI=1S/C34H40F3N7O3.ClH/c1-23(2)17-19-46-30-11-5-3-8-27(30)28-9-4-6-12-31(28)47-22-26-21-44(43-42-26)29(10-7-18-40-33(38)39)32(45)41-20-24-13-15-25(16-14-24)34(35,36)37;/h3-6,8-9,11-16,21,23,29H,7,10,17-20,22H2,1-2H3,(H,41,45)(H4,38,39,40);1H/t29-;/m1./s1. The van der Waals surface area contributed by atoms with E-state index >= 15 is 0 Å². The van der Waals surface area contributed by atoms with Crippen LogP contribution in [0.5, 0.6) is 11.5 Å². The normalized spacial score (nSPS) is 11.8. The number of carbonyl (C=O) groups excluding carboxylic acids is 1. The number of nitrogens with zero attached hydrogens (tertiary/aromatic N) is 4. The van der Waals surface area contributed by atoms with Crippen LogP contribution in [0.3, 0.4) is 0 Å². The van der Waals surface area contributed by atoms with Gasteiger partial charge in [0.05, 0.1) is 18.4 Å². The number of halogens is 4. The third kappa shape index (κ3) is 11.2. The summed E-state index contributed by atoms with van der Waals surface area (Å²) in [5, 5.41) is 11.2. The minimum Gasteiger partial charge on any atom is -0.493 e. The zero-order valence-corrected chi connectivity index (χ0v) is 27.6. The van der Waals surface area contributed by atoms with Crippen molar-refractivity contribution in [3.05, 3.63) is 95.8 Å². The number of aromatic nitrogens is 3. The lowest BCUT2D eigenvalue weighted by Crippen LogP contribution is -2.33. The van der Waals surface area contributed by atoms with Crippen LogP contribution in [-0.4, -0.2) is 40.0 Å². The van der Waals surface area contributed by atoms with Crippen LogP contribution in [0.2, 0.25) is 0 Å². The number of nitrogens with two attached hydrogens (primary N) is 2. The molecule has 3 aromatic carbocycles. The maximum absolute atomic E-state index is 13.3. The summed E-state index contributed by atoms with van der Waals surface area (Å²) in [6, 6.07) is 19.3. The molecule has 0 aliphatic heterocycles. The lowest BCUT2D eigenvalue weighted by molar-refractivity contribution is -0.137. The molecule has 1 amide bonds. The monoisotopic (exact) mass is 687 g/mol. The van der Waals surface area contributed by atoms with Crippen LogP contribution in [0.25, 0.3) is 11.1 Å². The molecule has 0 aliphatic rings. The molecule has 0 fully saturated rings. The molecule has 10 nitrogen and oxygen atoms in total. The van der Waals surface area contributed by atoms with Crippen LogP contribution in [0.15, 0.2) is 84.0 Å². The van der Waals surface area contributed by atoms with Crippen molar-refractivity contribution in [1.29, 1.82) is 0 Å². The van der Waals surface area contributed by atoms with Crippen LogP contribution in [-0.2, 0) is 24.1 Å². The number of carbonyl (C=O) groups is 1. The van der Waals surface area contributed by atoms with Gasteiger partial charge >= 0.3 is 6.18 Å². The van der Waals surface area contributed by atoms with E-state index in [4.69, 9.17) is 20.9 Å². The Kier molecular flexibility index (Phi) is 14.1. The van der Waals surface area contributed by atoms with Gasteiger partial charge < -0.3 is 26.3 Å². The van der Waals surface area contributed by atoms with Crippen molar-refractivity contribution >= 4 is 24.3 Å². The molecule has 0 saturated heterocycles. The van der Waals surface area contributed by atoms with E-state index in [1.807, 2.05) is 48.5 Å². The Hall–Kier alpha value is -4.78. The van der Waals surface area contributed by atoms with E-state index in [1.165, 1.54) is 16.8 Å². The Bertz CT molecular complexity index is 1620. The number of guanidine groups is 1. The van der Waals surface area contributed by atoms with Gasteiger partial charge in [-0.05, 0) is 55.0 Å². The number of para-hydroxylation sites is 2. The average molecular weight is 688 g/mol. The van der Waals surface area contributed by atoms with Crippen LogP contribution < -0.4 is 26.3 Å². The molecule has 14 heteroatoms.